The molecule has 0 saturated carbocycles. The van der Waals surface area contributed by atoms with E-state index in [-0.39, 0.29) is 18.1 Å². The Labute approximate surface area is 133 Å². The lowest BCUT2D eigenvalue weighted by Gasteiger charge is -2.01. The Hall–Kier alpha value is -2.45. The van der Waals surface area contributed by atoms with E-state index < -0.39 is 10.0 Å². The largest absolute Gasteiger partial charge is 0.445 e. The third kappa shape index (κ3) is 4.05. The van der Waals surface area contributed by atoms with Gasteiger partial charge in [0.15, 0.2) is 5.76 Å². The Balaban J connectivity index is 1.65. The minimum absolute atomic E-state index is 0.00411. The molecule has 0 spiro atoms. The summed E-state index contributed by atoms with van der Waals surface area (Å²) in [7, 11) is -3.58. The first-order valence-corrected chi connectivity index (χ1v) is 8.57. The zero-order valence-electron chi connectivity index (χ0n) is 12.4. The van der Waals surface area contributed by atoms with Gasteiger partial charge in [-0.3, -0.25) is 0 Å². The van der Waals surface area contributed by atoms with Crippen molar-refractivity contribution in [2.45, 2.75) is 19.2 Å². The fourth-order valence-electron chi connectivity index (χ4n) is 2.02. The Morgan fingerprint density at radius 2 is 2.00 bits per heavy atom. The van der Waals surface area contributed by atoms with E-state index in [0.29, 0.717) is 17.3 Å². The molecule has 3 rings (SSSR count). The molecular weight excluding hydrogens is 318 g/mol. The minimum atomic E-state index is -3.58. The highest BCUT2D eigenvalue weighted by atomic mass is 32.2. The predicted octanol–water partition coefficient (Wildman–Crippen LogP) is 2.26. The summed E-state index contributed by atoms with van der Waals surface area (Å²) in [6.07, 6.45) is 1.53. The molecule has 7 nitrogen and oxygen atoms in total. The third-order valence-electron chi connectivity index (χ3n) is 3.07. The van der Waals surface area contributed by atoms with E-state index in [1.54, 1.807) is 13.0 Å². The molecule has 0 aliphatic heterocycles. The Morgan fingerprint density at radius 3 is 2.70 bits per heavy atom. The van der Waals surface area contributed by atoms with Crippen molar-refractivity contribution in [2.24, 2.45) is 0 Å². The summed E-state index contributed by atoms with van der Waals surface area (Å²) in [6.45, 7) is 1.74. The van der Waals surface area contributed by atoms with Crippen LogP contribution in [0.25, 0.3) is 11.3 Å². The number of rotatable bonds is 6. The topological polar surface area (TPSA) is 98.2 Å². The van der Waals surface area contributed by atoms with Crippen LogP contribution in [-0.2, 0) is 22.3 Å². The van der Waals surface area contributed by atoms with Crippen molar-refractivity contribution in [3.63, 3.8) is 0 Å². The number of aryl methyl sites for hydroxylation is 1. The van der Waals surface area contributed by atoms with E-state index in [4.69, 9.17) is 8.94 Å². The van der Waals surface area contributed by atoms with Gasteiger partial charge in [-0.25, -0.2) is 18.1 Å². The predicted molar refractivity (Wildman–Crippen MR) is 82.6 cm³/mol. The lowest BCUT2D eigenvalue weighted by Crippen LogP contribution is -2.24. The summed E-state index contributed by atoms with van der Waals surface area (Å²) < 4.78 is 36.8. The fourth-order valence-corrected chi connectivity index (χ4v) is 2.98. The fraction of sp³-hybridized carbons (Fsp3) is 0.200. The number of nitrogens with zero attached hydrogens (tertiary/aromatic N) is 2. The molecule has 0 bridgehead atoms. The average Bonchev–Trinajstić information content (AvgIpc) is 3.15. The average molecular weight is 333 g/mol. The molecule has 0 fully saturated rings. The molecule has 8 heteroatoms. The molecule has 0 saturated heterocycles. The first-order valence-electron chi connectivity index (χ1n) is 6.91. The van der Waals surface area contributed by atoms with Crippen molar-refractivity contribution >= 4 is 10.0 Å². The van der Waals surface area contributed by atoms with Gasteiger partial charge in [-0.15, -0.1) is 0 Å². The van der Waals surface area contributed by atoms with Crippen molar-refractivity contribution in [2.75, 3.05) is 0 Å². The first-order chi connectivity index (χ1) is 11.0. The zero-order valence-corrected chi connectivity index (χ0v) is 13.2. The maximum Gasteiger partial charge on any atom is 0.219 e. The summed E-state index contributed by atoms with van der Waals surface area (Å²) in [5.74, 6) is 0.905. The van der Waals surface area contributed by atoms with Crippen molar-refractivity contribution in [1.82, 2.24) is 14.9 Å². The molecule has 23 heavy (non-hydrogen) atoms. The van der Waals surface area contributed by atoms with Crippen molar-refractivity contribution in [3.05, 3.63) is 60.0 Å². The molecule has 1 N–H and O–H groups in total. The summed E-state index contributed by atoms with van der Waals surface area (Å²) in [5, 5.41) is 3.89. The highest BCUT2D eigenvalue weighted by molar-refractivity contribution is 7.88. The quantitative estimate of drug-likeness (QED) is 0.743. The van der Waals surface area contributed by atoms with Gasteiger partial charge in [0.2, 0.25) is 15.9 Å². The highest BCUT2D eigenvalue weighted by Crippen LogP contribution is 2.19. The Bertz CT molecular complexity index is 884. The molecule has 0 aliphatic rings. The van der Waals surface area contributed by atoms with Crippen LogP contribution >= 0.6 is 0 Å². The van der Waals surface area contributed by atoms with Gasteiger partial charge in [0.1, 0.15) is 17.2 Å². The molecule has 2 aromatic heterocycles. The lowest BCUT2D eigenvalue weighted by molar-refractivity contribution is 0.394. The third-order valence-corrected chi connectivity index (χ3v) is 4.32. The molecule has 0 amide bonds. The summed E-state index contributed by atoms with van der Waals surface area (Å²) in [6, 6.07) is 11.0. The van der Waals surface area contributed by atoms with Crippen LogP contribution in [-0.4, -0.2) is 18.6 Å². The molecule has 1 aromatic carbocycles. The Morgan fingerprint density at radius 1 is 1.22 bits per heavy atom. The second-order valence-electron chi connectivity index (χ2n) is 4.99. The molecule has 2 heterocycles. The smallest absolute Gasteiger partial charge is 0.219 e. The summed E-state index contributed by atoms with van der Waals surface area (Å²) in [5.41, 5.74) is 1.46. The first kappa shape index (κ1) is 15.4. The van der Waals surface area contributed by atoms with Gasteiger partial charge in [-0.2, -0.15) is 0 Å². The molecule has 0 radical (unpaired) electrons. The van der Waals surface area contributed by atoms with Crippen LogP contribution in [0, 0.1) is 6.92 Å². The van der Waals surface area contributed by atoms with Crippen molar-refractivity contribution in [3.8, 4) is 11.3 Å². The van der Waals surface area contributed by atoms with Crippen LogP contribution in [0.5, 0.6) is 0 Å². The van der Waals surface area contributed by atoms with E-state index >= 15 is 0 Å². The monoisotopic (exact) mass is 333 g/mol. The van der Waals surface area contributed by atoms with E-state index in [9.17, 15) is 8.42 Å². The molecule has 0 aliphatic carbocycles. The van der Waals surface area contributed by atoms with Gasteiger partial charge >= 0.3 is 0 Å². The number of oxazole rings is 1. The maximum absolute atomic E-state index is 12.1. The number of sulfonamides is 1. The van der Waals surface area contributed by atoms with Crippen LogP contribution in [0.15, 0.2) is 51.5 Å². The van der Waals surface area contributed by atoms with E-state index in [0.717, 1.165) is 5.56 Å². The molecule has 0 unspecified atom stereocenters. The van der Waals surface area contributed by atoms with Crippen LogP contribution in [0.2, 0.25) is 0 Å². The molecule has 0 atom stereocenters. The van der Waals surface area contributed by atoms with Gasteiger partial charge in [-0.05, 0) is 6.92 Å². The van der Waals surface area contributed by atoms with Crippen LogP contribution in [0.4, 0.5) is 0 Å². The standard InChI is InChI=1S/C15H15N3O4S/c1-11-8-16-15(21-11)9-17-23(19,20)10-13-7-14(18-22-13)12-5-3-2-4-6-12/h2-8,17H,9-10H2,1H3. The normalized spacial score (nSPS) is 11.7. The summed E-state index contributed by atoms with van der Waals surface area (Å²) in [4.78, 5) is 3.94. The van der Waals surface area contributed by atoms with Crippen LogP contribution < -0.4 is 4.72 Å². The number of benzene rings is 1. The van der Waals surface area contributed by atoms with E-state index in [1.165, 1.54) is 6.20 Å². The van der Waals surface area contributed by atoms with Gasteiger partial charge < -0.3 is 8.94 Å². The van der Waals surface area contributed by atoms with E-state index in [2.05, 4.69) is 14.9 Å². The van der Waals surface area contributed by atoms with Gasteiger partial charge in [0, 0.05) is 11.6 Å². The molecular formula is C15H15N3O4S. The summed E-state index contributed by atoms with van der Waals surface area (Å²) >= 11 is 0. The second-order valence-corrected chi connectivity index (χ2v) is 6.80. The van der Waals surface area contributed by atoms with Crippen molar-refractivity contribution < 1.29 is 17.4 Å². The van der Waals surface area contributed by atoms with Gasteiger partial charge in [-0.1, -0.05) is 35.5 Å². The molecule has 3 aromatic rings. The van der Waals surface area contributed by atoms with Gasteiger partial charge in [0.25, 0.3) is 0 Å². The van der Waals surface area contributed by atoms with Crippen LogP contribution in [0.1, 0.15) is 17.4 Å². The maximum atomic E-state index is 12.1. The minimum Gasteiger partial charge on any atom is -0.445 e. The molecule has 120 valence electrons. The number of nitrogens with one attached hydrogen (secondary N) is 1. The van der Waals surface area contributed by atoms with E-state index in [1.807, 2.05) is 30.3 Å². The van der Waals surface area contributed by atoms with Gasteiger partial charge in [0.05, 0.1) is 12.7 Å². The number of hydrogen-bond acceptors (Lipinski definition) is 6. The Kier molecular flexibility index (Phi) is 4.26. The van der Waals surface area contributed by atoms with Crippen LogP contribution in [0.3, 0.4) is 0 Å². The second kappa shape index (κ2) is 6.35. The van der Waals surface area contributed by atoms with Crippen molar-refractivity contribution in [1.29, 1.82) is 0 Å². The zero-order chi connectivity index (χ0) is 16.3. The number of hydrogen-bond donors (Lipinski definition) is 1. The highest BCUT2D eigenvalue weighted by Gasteiger charge is 2.17. The number of aromatic nitrogens is 2. The SMILES string of the molecule is Cc1cnc(CNS(=O)(=O)Cc2cc(-c3ccccc3)no2)o1. The lowest BCUT2D eigenvalue weighted by atomic mass is 10.1.